The smallest absolute Gasteiger partial charge is 0.132 e. The first-order valence-electron chi connectivity index (χ1n) is 5.02. The fourth-order valence-corrected chi connectivity index (χ4v) is 1.80. The number of nitriles is 1. The summed E-state index contributed by atoms with van der Waals surface area (Å²) in [4.78, 5) is 10.3. The maximum atomic E-state index is 8.75. The minimum atomic E-state index is 0.221. The van der Waals surface area contributed by atoms with Crippen molar-refractivity contribution in [3.63, 3.8) is 0 Å². The Morgan fingerprint density at radius 2 is 2.60 bits per heavy atom. The monoisotopic (exact) mass is 203 g/mol. The lowest BCUT2D eigenvalue weighted by molar-refractivity contribution is 0.477. The van der Waals surface area contributed by atoms with Crippen molar-refractivity contribution in [3.05, 3.63) is 18.6 Å². The van der Waals surface area contributed by atoms with E-state index in [9.17, 15) is 0 Å². The molecule has 0 spiro atoms. The van der Waals surface area contributed by atoms with Crippen LogP contribution in [0.25, 0.3) is 0 Å². The molecule has 2 heterocycles. The van der Waals surface area contributed by atoms with Crippen molar-refractivity contribution in [1.29, 1.82) is 5.26 Å². The minimum absolute atomic E-state index is 0.221. The summed E-state index contributed by atoms with van der Waals surface area (Å²) < 4.78 is 0. The molecule has 1 aliphatic rings. The van der Waals surface area contributed by atoms with Gasteiger partial charge < -0.3 is 10.2 Å². The summed E-state index contributed by atoms with van der Waals surface area (Å²) in [7, 11) is 0. The molecular weight excluding hydrogens is 190 g/mol. The second-order valence-electron chi connectivity index (χ2n) is 3.48. The maximum absolute atomic E-state index is 8.75. The van der Waals surface area contributed by atoms with Gasteiger partial charge in [-0.25, -0.2) is 9.97 Å². The van der Waals surface area contributed by atoms with Crippen LogP contribution in [0.4, 0.5) is 5.82 Å². The van der Waals surface area contributed by atoms with Crippen LogP contribution in [-0.4, -0.2) is 35.6 Å². The van der Waals surface area contributed by atoms with Gasteiger partial charge in [0.1, 0.15) is 12.1 Å². The summed E-state index contributed by atoms with van der Waals surface area (Å²) in [6.45, 7) is 2.67. The Hall–Kier alpha value is -1.67. The first-order chi connectivity index (χ1) is 7.42. The standard InChI is InChI=1S/C10H13N5/c11-3-1-9-7-12-5-6-15(9)10-2-4-13-8-14-10/h2,4,8-9,12H,1,5-7H2. The van der Waals surface area contributed by atoms with Gasteiger partial charge in [0.15, 0.2) is 0 Å². The van der Waals surface area contributed by atoms with E-state index in [0.29, 0.717) is 6.42 Å². The fraction of sp³-hybridized carbons (Fsp3) is 0.500. The zero-order valence-electron chi connectivity index (χ0n) is 8.43. The third kappa shape index (κ3) is 2.22. The predicted octanol–water partition coefficient (Wildman–Crippen LogP) is 0.168. The molecule has 1 aromatic rings. The molecule has 1 unspecified atom stereocenters. The summed E-state index contributed by atoms with van der Waals surface area (Å²) in [6.07, 6.45) is 3.80. The quantitative estimate of drug-likeness (QED) is 0.742. The summed E-state index contributed by atoms with van der Waals surface area (Å²) in [5.41, 5.74) is 0. The first-order valence-corrected chi connectivity index (χ1v) is 5.02. The molecule has 78 valence electrons. The molecule has 1 fully saturated rings. The highest BCUT2D eigenvalue weighted by Gasteiger charge is 2.22. The number of hydrogen-bond donors (Lipinski definition) is 1. The molecule has 0 saturated carbocycles. The van der Waals surface area contributed by atoms with Gasteiger partial charge in [-0.05, 0) is 6.07 Å². The number of nitrogens with one attached hydrogen (secondary N) is 1. The SMILES string of the molecule is N#CCC1CNCCN1c1ccncn1. The maximum Gasteiger partial charge on any atom is 0.132 e. The normalized spacial score (nSPS) is 21.0. The third-order valence-electron chi connectivity index (χ3n) is 2.54. The topological polar surface area (TPSA) is 64.8 Å². The van der Waals surface area contributed by atoms with E-state index in [1.54, 1.807) is 12.5 Å². The zero-order chi connectivity index (χ0) is 10.5. The van der Waals surface area contributed by atoms with Gasteiger partial charge in [0, 0.05) is 25.8 Å². The fourth-order valence-electron chi connectivity index (χ4n) is 1.80. The average molecular weight is 203 g/mol. The van der Waals surface area contributed by atoms with E-state index >= 15 is 0 Å². The number of hydrogen-bond acceptors (Lipinski definition) is 5. The van der Waals surface area contributed by atoms with E-state index in [1.807, 2.05) is 6.07 Å². The van der Waals surface area contributed by atoms with Gasteiger partial charge in [0.2, 0.25) is 0 Å². The van der Waals surface area contributed by atoms with Crippen LogP contribution in [0.3, 0.4) is 0 Å². The van der Waals surface area contributed by atoms with E-state index < -0.39 is 0 Å². The summed E-state index contributed by atoms with van der Waals surface area (Å²) in [5, 5.41) is 12.0. The Morgan fingerprint density at radius 1 is 1.67 bits per heavy atom. The molecule has 0 aromatic carbocycles. The second kappa shape index (κ2) is 4.71. The molecular formula is C10H13N5. The molecule has 0 aliphatic carbocycles. The Kier molecular flexibility index (Phi) is 3.10. The van der Waals surface area contributed by atoms with Crippen LogP contribution >= 0.6 is 0 Å². The van der Waals surface area contributed by atoms with E-state index in [-0.39, 0.29) is 6.04 Å². The highest BCUT2D eigenvalue weighted by molar-refractivity contribution is 5.39. The van der Waals surface area contributed by atoms with Crippen molar-refractivity contribution in [1.82, 2.24) is 15.3 Å². The molecule has 1 saturated heterocycles. The number of nitrogens with zero attached hydrogens (tertiary/aromatic N) is 4. The van der Waals surface area contributed by atoms with Crippen LogP contribution in [0.5, 0.6) is 0 Å². The van der Waals surface area contributed by atoms with Gasteiger partial charge in [0.25, 0.3) is 0 Å². The van der Waals surface area contributed by atoms with Crippen molar-refractivity contribution >= 4 is 5.82 Å². The molecule has 0 radical (unpaired) electrons. The number of anilines is 1. The van der Waals surface area contributed by atoms with Crippen molar-refractivity contribution in [2.24, 2.45) is 0 Å². The van der Waals surface area contributed by atoms with Crippen molar-refractivity contribution in [2.75, 3.05) is 24.5 Å². The summed E-state index contributed by atoms with van der Waals surface area (Å²) in [6, 6.07) is 4.32. The van der Waals surface area contributed by atoms with Gasteiger partial charge in [-0.3, -0.25) is 0 Å². The Bertz CT molecular complexity index is 345. The molecule has 1 aromatic heterocycles. The van der Waals surface area contributed by atoms with Gasteiger partial charge in [0.05, 0.1) is 18.5 Å². The number of rotatable bonds is 2. The molecule has 5 nitrogen and oxygen atoms in total. The molecule has 0 bridgehead atoms. The van der Waals surface area contributed by atoms with Crippen LogP contribution in [0.15, 0.2) is 18.6 Å². The van der Waals surface area contributed by atoms with Crippen molar-refractivity contribution in [2.45, 2.75) is 12.5 Å². The van der Waals surface area contributed by atoms with E-state index in [1.165, 1.54) is 0 Å². The van der Waals surface area contributed by atoms with E-state index in [4.69, 9.17) is 5.26 Å². The molecule has 2 rings (SSSR count). The second-order valence-corrected chi connectivity index (χ2v) is 3.48. The van der Waals surface area contributed by atoms with Gasteiger partial charge >= 0.3 is 0 Å². The molecule has 1 N–H and O–H groups in total. The highest BCUT2D eigenvalue weighted by Crippen LogP contribution is 2.15. The van der Waals surface area contributed by atoms with Crippen LogP contribution in [-0.2, 0) is 0 Å². The first kappa shape index (κ1) is 9.87. The Labute approximate surface area is 88.8 Å². The number of aromatic nitrogens is 2. The molecule has 1 aliphatic heterocycles. The molecule has 1 atom stereocenters. The van der Waals surface area contributed by atoms with Crippen LogP contribution in [0.1, 0.15) is 6.42 Å². The van der Waals surface area contributed by atoms with Crippen molar-refractivity contribution in [3.8, 4) is 6.07 Å². The Morgan fingerprint density at radius 3 is 3.33 bits per heavy atom. The molecule has 0 amide bonds. The molecule has 5 heteroatoms. The van der Waals surface area contributed by atoms with E-state index in [0.717, 1.165) is 25.5 Å². The molecule has 15 heavy (non-hydrogen) atoms. The lowest BCUT2D eigenvalue weighted by atomic mass is 10.1. The Balaban J connectivity index is 2.15. The lowest BCUT2D eigenvalue weighted by Crippen LogP contribution is -2.51. The number of piperazine rings is 1. The van der Waals surface area contributed by atoms with Crippen LogP contribution in [0.2, 0.25) is 0 Å². The van der Waals surface area contributed by atoms with Crippen molar-refractivity contribution < 1.29 is 0 Å². The van der Waals surface area contributed by atoms with E-state index in [2.05, 4.69) is 26.3 Å². The van der Waals surface area contributed by atoms with Crippen LogP contribution in [0, 0.1) is 11.3 Å². The minimum Gasteiger partial charge on any atom is -0.350 e. The zero-order valence-corrected chi connectivity index (χ0v) is 8.43. The summed E-state index contributed by atoms with van der Waals surface area (Å²) >= 11 is 0. The van der Waals surface area contributed by atoms with Crippen LogP contribution < -0.4 is 10.2 Å². The largest absolute Gasteiger partial charge is 0.350 e. The highest BCUT2D eigenvalue weighted by atomic mass is 15.3. The average Bonchev–Trinajstić information content (AvgIpc) is 2.31. The van der Waals surface area contributed by atoms with Gasteiger partial charge in [-0.2, -0.15) is 5.26 Å². The lowest BCUT2D eigenvalue weighted by Gasteiger charge is -2.35. The van der Waals surface area contributed by atoms with Gasteiger partial charge in [-0.15, -0.1) is 0 Å². The van der Waals surface area contributed by atoms with Gasteiger partial charge in [-0.1, -0.05) is 0 Å². The summed E-state index contributed by atoms with van der Waals surface area (Å²) in [5.74, 6) is 0.909. The predicted molar refractivity (Wildman–Crippen MR) is 56.3 cm³/mol. The third-order valence-corrected chi connectivity index (χ3v) is 2.54.